The van der Waals surface area contributed by atoms with Gasteiger partial charge in [0.15, 0.2) is 0 Å². The molecule has 0 aliphatic heterocycles. The minimum atomic E-state index is -1.21. The Balaban J connectivity index is 1.34. The molecule has 1 fully saturated rings. The third-order valence-electron chi connectivity index (χ3n) is 7.34. The lowest BCUT2D eigenvalue weighted by Crippen LogP contribution is -2.55. The van der Waals surface area contributed by atoms with E-state index in [0.29, 0.717) is 19.3 Å². The average Bonchev–Trinajstić information content (AvgIpc) is 2.98. The third kappa shape index (κ3) is 5.50. The molecule has 2 aromatic carbocycles. The van der Waals surface area contributed by atoms with E-state index in [4.69, 9.17) is 4.74 Å². The molecule has 0 bridgehead atoms. The van der Waals surface area contributed by atoms with Gasteiger partial charge in [-0.05, 0) is 41.5 Å². The largest absolute Gasteiger partial charge is 0.480 e. The van der Waals surface area contributed by atoms with Crippen LogP contribution in [0.2, 0.25) is 0 Å². The first kappa shape index (κ1) is 24.8. The SMILES string of the molecule is CC[C@@H](CC(=O)NC1(C(=O)O)CCCCCC1)NC(=O)OCC1c2ccccc2-c2ccccc21. The van der Waals surface area contributed by atoms with Gasteiger partial charge in [-0.1, -0.05) is 81.1 Å². The van der Waals surface area contributed by atoms with E-state index in [9.17, 15) is 19.5 Å². The number of rotatable bonds is 8. The predicted molar refractivity (Wildman–Crippen MR) is 133 cm³/mol. The molecule has 7 heteroatoms. The Morgan fingerprint density at radius 2 is 1.54 bits per heavy atom. The Bertz CT molecular complexity index is 1030. The van der Waals surface area contributed by atoms with E-state index in [0.717, 1.165) is 47.9 Å². The molecule has 2 aliphatic carbocycles. The fraction of sp³-hybridized carbons (Fsp3) is 0.464. The van der Waals surface area contributed by atoms with E-state index in [1.807, 2.05) is 31.2 Å². The highest BCUT2D eigenvalue weighted by Gasteiger charge is 2.40. The van der Waals surface area contributed by atoms with Gasteiger partial charge in [-0.3, -0.25) is 4.79 Å². The number of fused-ring (bicyclic) bond motifs is 3. The molecule has 4 rings (SSSR count). The predicted octanol–water partition coefficient (Wildman–Crippen LogP) is 4.99. The number of benzene rings is 2. The van der Waals surface area contributed by atoms with Crippen LogP contribution in [0.1, 0.15) is 75.3 Å². The van der Waals surface area contributed by atoms with Gasteiger partial charge in [0, 0.05) is 18.4 Å². The number of hydrogen-bond acceptors (Lipinski definition) is 4. The highest BCUT2D eigenvalue weighted by molar-refractivity contribution is 5.87. The highest BCUT2D eigenvalue weighted by atomic mass is 16.5. The molecule has 0 unspecified atom stereocenters. The average molecular weight is 479 g/mol. The first-order valence-electron chi connectivity index (χ1n) is 12.6. The molecule has 1 saturated carbocycles. The molecule has 0 spiro atoms. The number of carboxylic acids is 1. The van der Waals surface area contributed by atoms with Crippen LogP contribution in [-0.2, 0) is 14.3 Å². The van der Waals surface area contributed by atoms with Crippen molar-refractivity contribution in [3.63, 3.8) is 0 Å². The number of amides is 2. The molecular formula is C28H34N2O5. The van der Waals surface area contributed by atoms with Crippen molar-refractivity contribution in [1.29, 1.82) is 0 Å². The minimum absolute atomic E-state index is 0.00965. The van der Waals surface area contributed by atoms with Crippen LogP contribution < -0.4 is 10.6 Å². The quantitative estimate of drug-likeness (QED) is 0.464. The van der Waals surface area contributed by atoms with Gasteiger partial charge in [0.2, 0.25) is 5.91 Å². The molecule has 0 heterocycles. The van der Waals surface area contributed by atoms with Crippen molar-refractivity contribution in [2.75, 3.05) is 6.61 Å². The second-order valence-electron chi connectivity index (χ2n) is 9.63. The maximum Gasteiger partial charge on any atom is 0.407 e. The number of aliphatic carboxylic acids is 1. The summed E-state index contributed by atoms with van der Waals surface area (Å²) < 4.78 is 5.60. The van der Waals surface area contributed by atoms with Crippen LogP contribution in [0.5, 0.6) is 0 Å². The molecule has 3 N–H and O–H groups in total. The molecular weight excluding hydrogens is 444 g/mol. The van der Waals surface area contributed by atoms with E-state index in [-0.39, 0.29) is 24.9 Å². The van der Waals surface area contributed by atoms with Gasteiger partial charge in [-0.25, -0.2) is 9.59 Å². The lowest BCUT2D eigenvalue weighted by Gasteiger charge is -2.30. The maximum absolute atomic E-state index is 12.8. The number of ether oxygens (including phenoxy) is 1. The Kier molecular flexibility index (Phi) is 7.73. The molecule has 0 saturated heterocycles. The fourth-order valence-electron chi connectivity index (χ4n) is 5.37. The fourth-order valence-corrected chi connectivity index (χ4v) is 5.37. The Labute approximate surface area is 206 Å². The highest BCUT2D eigenvalue weighted by Crippen LogP contribution is 2.44. The summed E-state index contributed by atoms with van der Waals surface area (Å²) in [6, 6.07) is 15.8. The van der Waals surface area contributed by atoms with E-state index < -0.39 is 23.6 Å². The molecule has 186 valence electrons. The molecule has 0 radical (unpaired) electrons. The molecule has 35 heavy (non-hydrogen) atoms. The van der Waals surface area contributed by atoms with E-state index in [1.165, 1.54) is 0 Å². The van der Waals surface area contributed by atoms with Crippen LogP contribution in [0, 0.1) is 0 Å². The summed E-state index contributed by atoms with van der Waals surface area (Å²) in [7, 11) is 0. The second kappa shape index (κ2) is 10.9. The summed E-state index contributed by atoms with van der Waals surface area (Å²) in [6.07, 6.45) is 4.35. The molecule has 2 aromatic rings. The van der Waals surface area contributed by atoms with Crippen LogP contribution in [0.15, 0.2) is 48.5 Å². The van der Waals surface area contributed by atoms with Crippen molar-refractivity contribution in [2.45, 2.75) is 75.8 Å². The van der Waals surface area contributed by atoms with Crippen molar-refractivity contribution in [3.05, 3.63) is 59.7 Å². The standard InChI is InChI=1S/C28H34N2O5/c1-2-19(17-25(31)30-28(26(32)33)15-9-3-4-10-16-28)29-27(34)35-18-24-22-13-7-5-11-20(22)21-12-6-8-14-23(21)24/h5-8,11-14,19,24H,2-4,9-10,15-18H2,1H3,(H,29,34)(H,30,31)(H,32,33)/t19-/m0/s1. The Hall–Kier alpha value is -3.35. The molecule has 2 aliphatic rings. The van der Waals surface area contributed by atoms with Gasteiger partial charge in [-0.2, -0.15) is 0 Å². The van der Waals surface area contributed by atoms with E-state index in [1.54, 1.807) is 0 Å². The van der Waals surface area contributed by atoms with Crippen molar-refractivity contribution < 1.29 is 24.2 Å². The second-order valence-corrected chi connectivity index (χ2v) is 9.63. The van der Waals surface area contributed by atoms with E-state index in [2.05, 4.69) is 34.9 Å². The Morgan fingerprint density at radius 3 is 2.09 bits per heavy atom. The van der Waals surface area contributed by atoms with Crippen molar-refractivity contribution in [2.24, 2.45) is 0 Å². The zero-order chi connectivity index (χ0) is 24.8. The number of nitrogens with one attached hydrogen (secondary N) is 2. The lowest BCUT2D eigenvalue weighted by molar-refractivity contribution is -0.148. The number of carbonyl (C=O) groups excluding carboxylic acids is 2. The first-order chi connectivity index (χ1) is 16.9. The third-order valence-corrected chi connectivity index (χ3v) is 7.34. The summed E-state index contributed by atoms with van der Waals surface area (Å²) in [5.74, 6) is -1.38. The van der Waals surface area contributed by atoms with Gasteiger partial charge in [-0.15, -0.1) is 0 Å². The summed E-state index contributed by atoms with van der Waals surface area (Å²) in [5, 5.41) is 15.4. The lowest BCUT2D eigenvalue weighted by atomic mass is 9.90. The molecule has 2 amide bonds. The van der Waals surface area contributed by atoms with E-state index >= 15 is 0 Å². The van der Waals surface area contributed by atoms with Gasteiger partial charge in [0.25, 0.3) is 0 Å². The van der Waals surface area contributed by atoms with Crippen molar-refractivity contribution >= 4 is 18.0 Å². The summed E-state index contributed by atoms with van der Waals surface area (Å²) in [4.78, 5) is 37.4. The zero-order valence-electron chi connectivity index (χ0n) is 20.2. The molecule has 1 atom stereocenters. The minimum Gasteiger partial charge on any atom is -0.480 e. The maximum atomic E-state index is 12.8. The normalized spacial score (nSPS) is 17.4. The molecule has 7 nitrogen and oxygen atoms in total. The van der Waals surface area contributed by atoms with Crippen LogP contribution >= 0.6 is 0 Å². The first-order valence-corrected chi connectivity index (χ1v) is 12.6. The number of carboxylic acid groups (broad SMARTS) is 1. The number of hydrogen-bond donors (Lipinski definition) is 3. The topological polar surface area (TPSA) is 105 Å². The molecule has 0 aromatic heterocycles. The zero-order valence-corrected chi connectivity index (χ0v) is 20.2. The van der Waals surface area contributed by atoms with Gasteiger partial charge >= 0.3 is 12.1 Å². The summed E-state index contributed by atoms with van der Waals surface area (Å²) in [6.45, 7) is 2.07. The van der Waals surface area contributed by atoms with Crippen LogP contribution in [0.3, 0.4) is 0 Å². The Morgan fingerprint density at radius 1 is 0.971 bits per heavy atom. The van der Waals surface area contributed by atoms with Crippen LogP contribution in [0.4, 0.5) is 4.79 Å². The van der Waals surface area contributed by atoms with Gasteiger partial charge < -0.3 is 20.5 Å². The van der Waals surface area contributed by atoms with Crippen molar-refractivity contribution in [3.8, 4) is 11.1 Å². The van der Waals surface area contributed by atoms with Crippen molar-refractivity contribution in [1.82, 2.24) is 10.6 Å². The summed E-state index contributed by atoms with van der Waals surface area (Å²) in [5.41, 5.74) is 3.37. The smallest absolute Gasteiger partial charge is 0.407 e. The number of carbonyl (C=O) groups is 3. The van der Waals surface area contributed by atoms with Crippen LogP contribution in [0.25, 0.3) is 11.1 Å². The van der Waals surface area contributed by atoms with Gasteiger partial charge in [0.1, 0.15) is 12.1 Å². The van der Waals surface area contributed by atoms with Crippen LogP contribution in [-0.4, -0.2) is 41.3 Å². The summed E-state index contributed by atoms with van der Waals surface area (Å²) >= 11 is 0. The number of alkyl carbamates (subject to hydrolysis) is 1. The monoisotopic (exact) mass is 478 g/mol. The van der Waals surface area contributed by atoms with Gasteiger partial charge in [0.05, 0.1) is 0 Å².